The molecule has 0 aliphatic heterocycles. The number of ether oxygens (including phenoxy) is 2. The molecule has 0 atom stereocenters. The highest BCUT2D eigenvalue weighted by Gasteiger charge is 2.27. The van der Waals surface area contributed by atoms with Gasteiger partial charge < -0.3 is 20.1 Å². The summed E-state index contributed by atoms with van der Waals surface area (Å²) in [7, 11) is 1.52. The van der Waals surface area contributed by atoms with E-state index in [1.54, 1.807) is 24.3 Å². The van der Waals surface area contributed by atoms with Crippen LogP contribution in [0.15, 0.2) is 24.3 Å². The maximum atomic E-state index is 12.9. The number of anilines is 2. The summed E-state index contributed by atoms with van der Waals surface area (Å²) in [4.78, 5) is 48.6. The van der Waals surface area contributed by atoms with Gasteiger partial charge in [-0.1, -0.05) is 0 Å². The molecule has 0 saturated heterocycles. The number of benzene rings is 2. The predicted molar refractivity (Wildman–Crippen MR) is 141 cm³/mol. The van der Waals surface area contributed by atoms with Crippen molar-refractivity contribution < 1.29 is 28.7 Å². The molecule has 0 fully saturated rings. The molecule has 0 saturated carbocycles. The molecule has 11 heteroatoms. The highest BCUT2D eigenvalue weighted by atomic mass is 127. The number of amides is 2. The summed E-state index contributed by atoms with van der Waals surface area (Å²) < 4.78 is 11.8. The van der Waals surface area contributed by atoms with E-state index in [0.717, 1.165) is 0 Å². The molecule has 31 heavy (non-hydrogen) atoms. The zero-order valence-electron chi connectivity index (χ0n) is 16.6. The molecule has 2 rings (SSSR count). The van der Waals surface area contributed by atoms with Crippen molar-refractivity contribution in [2.75, 3.05) is 24.4 Å². The Kier molecular flexibility index (Phi) is 9.47. The first-order valence-electron chi connectivity index (χ1n) is 8.66. The predicted octanol–water partition coefficient (Wildman–Crippen LogP) is 4.47. The largest absolute Gasteiger partial charge is 0.497 e. The average molecular weight is 762 g/mol. The summed E-state index contributed by atoms with van der Waals surface area (Å²) >= 11 is 5.85. The molecule has 2 amide bonds. The molecule has 2 aromatic carbocycles. The third kappa shape index (κ3) is 6.50. The molecule has 0 aromatic heterocycles. The monoisotopic (exact) mass is 762 g/mol. The SMILES string of the molecule is COc1ccc(C(=O)COC(=O)c2c(I)c(NC(C)=O)c(I)c(NC(C)=O)c2I)cc1. The van der Waals surface area contributed by atoms with E-state index in [-0.39, 0.29) is 23.2 Å². The van der Waals surface area contributed by atoms with Gasteiger partial charge in [0, 0.05) is 19.4 Å². The molecule has 8 nitrogen and oxygen atoms in total. The number of carbonyl (C=O) groups is 4. The Bertz CT molecular complexity index is 1010. The third-order valence-corrected chi connectivity index (χ3v) is 7.11. The van der Waals surface area contributed by atoms with Crippen molar-refractivity contribution in [2.45, 2.75) is 13.8 Å². The Morgan fingerprint density at radius 2 is 1.32 bits per heavy atom. The molecule has 2 aromatic rings. The minimum absolute atomic E-state index is 0.150. The summed E-state index contributed by atoms with van der Waals surface area (Å²) in [6.45, 7) is 2.22. The number of ketones is 1. The molecular formula is C20H17I3N2O6. The van der Waals surface area contributed by atoms with E-state index in [2.05, 4.69) is 10.6 Å². The average Bonchev–Trinajstić information content (AvgIpc) is 2.72. The van der Waals surface area contributed by atoms with E-state index >= 15 is 0 Å². The van der Waals surface area contributed by atoms with Crippen LogP contribution in [0.1, 0.15) is 34.6 Å². The molecule has 0 spiro atoms. The topological polar surface area (TPSA) is 111 Å². The van der Waals surface area contributed by atoms with Gasteiger partial charge >= 0.3 is 5.97 Å². The highest BCUT2D eigenvalue weighted by Crippen LogP contribution is 2.39. The van der Waals surface area contributed by atoms with E-state index < -0.39 is 12.6 Å². The lowest BCUT2D eigenvalue weighted by Crippen LogP contribution is -2.20. The minimum Gasteiger partial charge on any atom is -0.497 e. The number of methoxy groups -OCH3 is 1. The molecule has 0 aliphatic rings. The van der Waals surface area contributed by atoms with Gasteiger partial charge in [-0.25, -0.2) is 4.79 Å². The summed E-state index contributed by atoms with van der Waals surface area (Å²) in [6, 6.07) is 6.44. The van der Waals surface area contributed by atoms with Gasteiger partial charge in [0.2, 0.25) is 11.8 Å². The Morgan fingerprint density at radius 1 is 0.839 bits per heavy atom. The number of halogens is 3. The van der Waals surface area contributed by atoms with Gasteiger partial charge in [-0.2, -0.15) is 0 Å². The standard InChI is InChI=1S/C20H17I3N2O6/c1-9(26)24-18-15(21)14(16(22)19(17(18)23)25-10(2)27)20(29)31-8-13(28)11-4-6-12(30-3)7-5-11/h4-7H,8H2,1-3H3,(H,24,26)(H,25,27). The molecule has 0 radical (unpaired) electrons. The minimum atomic E-state index is -0.745. The first-order chi connectivity index (χ1) is 14.6. The normalized spacial score (nSPS) is 10.3. The van der Waals surface area contributed by atoms with E-state index in [0.29, 0.717) is 33.4 Å². The first kappa shape index (κ1) is 25.8. The number of Topliss-reactive ketones (excluding diaryl/α,β-unsaturated/α-hetero) is 1. The zero-order valence-corrected chi connectivity index (χ0v) is 23.1. The molecule has 0 unspecified atom stereocenters. The number of nitrogens with one attached hydrogen (secondary N) is 2. The van der Waals surface area contributed by atoms with Gasteiger partial charge in [0.15, 0.2) is 12.4 Å². The van der Waals surface area contributed by atoms with Crippen LogP contribution in [0.25, 0.3) is 0 Å². The Hall–Kier alpha value is -1.49. The lowest BCUT2D eigenvalue weighted by molar-refractivity contribution is -0.115. The van der Waals surface area contributed by atoms with Gasteiger partial charge in [0.1, 0.15) is 5.75 Å². The molecule has 0 aliphatic carbocycles. The highest BCUT2D eigenvalue weighted by molar-refractivity contribution is 14.1. The van der Waals surface area contributed by atoms with Crippen molar-refractivity contribution in [3.05, 3.63) is 46.1 Å². The van der Waals surface area contributed by atoms with Gasteiger partial charge in [-0.05, 0) is 92.0 Å². The van der Waals surface area contributed by atoms with Gasteiger partial charge in [0.05, 0.1) is 34.8 Å². The quantitative estimate of drug-likeness (QED) is 0.245. The van der Waals surface area contributed by atoms with Crippen LogP contribution in [0.4, 0.5) is 11.4 Å². The van der Waals surface area contributed by atoms with Crippen molar-refractivity contribution in [2.24, 2.45) is 0 Å². The van der Waals surface area contributed by atoms with Crippen molar-refractivity contribution >= 4 is 103 Å². The summed E-state index contributed by atoms with van der Waals surface area (Å²) in [6.07, 6.45) is 0. The molecule has 2 N–H and O–H groups in total. The van der Waals surface area contributed by atoms with Crippen molar-refractivity contribution in [1.82, 2.24) is 0 Å². The fraction of sp³-hybridized carbons (Fsp3) is 0.200. The summed E-state index contributed by atoms with van der Waals surface area (Å²) in [5.41, 5.74) is 1.28. The number of esters is 1. The van der Waals surface area contributed by atoms with E-state index in [1.807, 2.05) is 67.8 Å². The molecular weight excluding hydrogens is 745 g/mol. The van der Waals surface area contributed by atoms with E-state index in [9.17, 15) is 19.2 Å². The first-order valence-corrected chi connectivity index (χ1v) is 11.9. The van der Waals surface area contributed by atoms with Gasteiger partial charge in [-0.3, -0.25) is 14.4 Å². The third-order valence-electron chi connectivity index (χ3n) is 3.87. The maximum absolute atomic E-state index is 12.9. The maximum Gasteiger partial charge on any atom is 0.340 e. The van der Waals surface area contributed by atoms with Crippen molar-refractivity contribution in [1.29, 1.82) is 0 Å². The lowest BCUT2D eigenvalue weighted by Gasteiger charge is -2.19. The van der Waals surface area contributed by atoms with Gasteiger partial charge in [0.25, 0.3) is 0 Å². The summed E-state index contributed by atoms with van der Waals surface area (Å²) in [5, 5.41) is 5.37. The van der Waals surface area contributed by atoms with Crippen LogP contribution in [-0.4, -0.2) is 37.3 Å². The van der Waals surface area contributed by atoms with E-state index in [1.165, 1.54) is 21.0 Å². The van der Waals surface area contributed by atoms with Crippen LogP contribution in [0, 0.1) is 10.7 Å². The fourth-order valence-electron chi connectivity index (χ4n) is 2.48. The van der Waals surface area contributed by atoms with Gasteiger partial charge in [-0.15, -0.1) is 0 Å². The Balaban J connectivity index is 2.36. The number of hydrogen-bond donors (Lipinski definition) is 2. The Labute approximate surface area is 219 Å². The van der Waals surface area contributed by atoms with E-state index in [4.69, 9.17) is 9.47 Å². The second-order valence-corrected chi connectivity index (χ2v) is 9.39. The second-order valence-electron chi connectivity index (χ2n) is 6.16. The van der Waals surface area contributed by atoms with Crippen molar-refractivity contribution in [3.8, 4) is 5.75 Å². The van der Waals surface area contributed by atoms with Crippen LogP contribution < -0.4 is 15.4 Å². The fourth-order valence-corrected chi connectivity index (χ4v) is 6.62. The smallest absolute Gasteiger partial charge is 0.340 e. The van der Waals surface area contributed by atoms with Crippen LogP contribution in [0.3, 0.4) is 0 Å². The van der Waals surface area contributed by atoms with Crippen molar-refractivity contribution in [3.63, 3.8) is 0 Å². The van der Waals surface area contributed by atoms with Crippen LogP contribution >= 0.6 is 67.8 Å². The van der Waals surface area contributed by atoms with Crippen LogP contribution in [-0.2, 0) is 14.3 Å². The summed E-state index contributed by atoms with van der Waals surface area (Å²) in [5.74, 6) is -1.19. The Morgan fingerprint density at radius 3 is 1.74 bits per heavy atom. The van der Waals surface area contributed by atoms with Crippen LogP contribution in [0.5, 0.6) is 5.75 Å². The van der Waals surface area contributed by atoms with Crippen LogP contribution in [0.2, 0.25) is 0 Å². The molecule has 0 bridgehead atoms. The second kappa shape index (κ2) is 11.4. The molecule has 0 heterocycles. The number of carbonyl (C=O) groups excluding carboxylic acids is 4. The molecule has 164 valence electrons. The number of hydrogen-bond acceptors (Lipinski definition) is 6. The zero-order chi connectivity index (χ0) is 23.3. The number of rotatable bonds is 7. The lowest BCUT2D eigenvalue weighted by atomic mass is 10.1.